The van der Waals surface area contributed by atoms with Crippen molar-refractivity contribution in [3.05, 3.63) is 47.5 Å². The number of nitrogens with zero attached hydrogens (tertiary/aromatic N) is 3. The number of alkyl halides is 1. The third-order valence-electron chi connectivity index (χ3n) is 5.65. The Hall–Kier alpha value is -2.57. The van der Waals surface area contributed by atoms with Crippen LogP contribution in [-0.4, -0.2) is 26.9 Å². The normalized spacial score (nSPS) is 27.1. The maximum Gasteiger partial charge on any atom is 0.315 e. The van der Waals surface area contributed by atoms with E-state index < -0.39 is 24.1 Å². The first kappa shape index (κ1) is 16.9. The molecule has 136 valence electrons. The van der Waals surface area contributed by atoms with E-state index in [-0.39, 0.29) is 11.9 Å². The van der Waals surface area contributed by atoms with Crippen LogP contribution in [0.5, 0.6) is 0 Å². The number of halogens is 2. The van der Waals surface area contributed by atoms with Crippen molar-refractivity contribution in [3.63, 3.8) is 0 Å². The number of primary amides is 1. The maximum absolute atomic E-state index is 13.5. The van der Waals surface area contributed by atoms with Gasteiger partial charge in [-0.05, 0) is 42.4 Å². The molecular weight excluding hydrogens is 338 g/mol. The lowest BCUT2D eigenvalue weighted by molar-refractivity contribution is -0.0963. The number of aromatic nitrogens is 2. The first-order chi connectivity index (χ1) is 12.4. The van der Waals surface area contributed by atoms with Crippen molar-refractivity contribution in [1.82, 2.24) is 14.9 Å². The van der Waals surface area contributed by atoms with E-state index in [4.69, 9.17) is 5.73 Å². The number of benzene rings is 1. The average Bonchev–Trinajstić information content (AvgIpc) is 2.60. The largest absolute Gasteiger partial charge is 0.351 e. The van der Waals surface area contributed by atoms with E-state index in [9.17, 15) is 13.6 Å². The fourth-order valence-electron chi connectivity index (χ4n) is 4.72. The van der Waals surface area contributed by atoms with Gasteiger partial charge in [0, 0.05) is 11.6 Å². The molecule has 1 aromatic carbocycles. The van der Waals surface area contributed by atoms with Crippen LogP contribution in [0.3, 0.4) is 0 Å². The lowest BCUT2D eigenvalue weighted by Crippen LogP contribution is -2.70. The van der Waals surface area contributed by atoms with Crippen molar-refractivity contribution in [1.29, 1.82) is 0 Å². The van der Waals surface area contributed by atoms with Gasteiger partial charge in [0.15, 0.2) is 11.6 Å². The van der Waals surface area contributed by atoms with Crippen LogP contribution in [0.4, 0.5) is 13.6 Å². The van der Waals surface area contributed by atoms with Crippen molar-refractivity contribution in [2.75, 3.05) is 0 Å². The van der Waals surface area contributed by atoms with E-state index in [1.54, 1.807) is 11.0 Å². The molecule has 26 heavy (non-hydrogen) atoms. The van der Waals surface area contributed by atoms with Gasteiger partial charge < -0.3 is 10.6 Å². The van der Waals surface area contributed by atoms with Crippen LogP contribution in [0.15, 0.2) is 30.6 Å². The summed E-state index contributed by atoms with van der Waals surface area (Å²) in [7, 11) is 0. The summed E-state index contributed by atoms with van der Waals surface area (Å²) in [4.78, 5) is 21.8. The van der Waals surface area contributed by atoms with Crippen molar-refractivity contribution in [2.45, 2.75) is 44.4 Å². The molecule has 2 aromatic rings. The Kier molecular flexibility index (Phi) is 3.89. The predicted molar refractivity (Wildman–Crippen MR) is 92.1 cm³/mol. The molecule has 3 fully saturated rings. The SMILES string of the molecule is CC1CC2CC(c3ccc(CF)c(-c4ncc(F)cn4)c3)(C1)N2C(N)=O. The molecular formula is C19H20F2N4O. The number of rotatable bonds is 3. The molecule has 2 amide bonds. The van der Waals surface area contributed by atoms with Gasteiger partial charge in [0.25, 0.3) is 0 Å². The van der Waals surface area contributed by atoms with Crippen molar-refractivity contribution < 1.29 is 13.6 Å². The smallest absolute Gasteiger partial charge is 0.315 e. The second-order valence-corrected chi connectivity index (χ2v) is 7.37. The van der Waals surface area contributed by atoms with E-state index in [0.29, 0.717) is 17.0 Å². The highest BCUT2D eigenvalue weighted by atomic mass is 19.1. The Morgan fingerprint density at radius 2 is 2.08 bits per heavy atom. The molecule has 3 heterocycles. The second-order valence-electron chi connectivity index (χ2n) is 7.37. The molecule has 0 spiro atoms. The summed E-state index contributed by atoms with van der Waals surface area (Å²) in [5.41, 5.74) is 7.03. The molecule has 1 aliphatic carbocycles. The summed E-state index contributed by atoms with van der Waals surface area (Å²) in [6.07, 6.45) is 4.73. The zero-order valence-corrected chi connectivity index (χ0v) is 14.5. The molecule has 2 aliphatic heterocycles. The highest BCUT2D eigenvalue weighted by molar-refractivity contribution is 5.76. The van der Waals surface area contributed by atoms with Gasteiger partial charge in [-0.2, -0.15) is 0 Å². The number of carbonyl (C=O) groups excluding carboxylic acids is 1. The molecule has 2 saturated heterocycles. The molecule has 5 nitrogen and oxygen atoms in total. The van der Waals surface area contributed by atoms with Crippen LogP contribution in [0.25, 0.3) is 11.4 Å². The monoisotopic (exact) mass is 358 g/mol. The third kappa shape index (κ3) is 2.45. The van der Waals surface area contributed by atoms with Crippen LogP contribution >= 0.6 is 0 Å². The zero-order chi connectivity index (χ0) is 18.5. The van der Waals surface area contributed by atoms with Crippen molar-refractivity contribution in [2.24, 2.45) is 11.7 Å². The van der Waals surface area contributed by atoms with Crippen LogP contribution in [0.1, 0.15) is 37.3 Å². The maximum atomic E-state index is 13.5. The van der Waals surface area contributed by atoms with Gasteiger partial charge in [0.1, 0.15) is 6.67 Å². The Balaban J connectivity index is 1.81. The molecule has 7 heteroatoms. The molecule has 5 rings (SSSR count). The summed E-state index contributed by atoms with van der Waals surface area (Å²) in [6, 6.07) is 5.10. The van der Waals surface area contributed by atoms with Gasteiger partial charge in [0.2, 0.25) is 0 Å². The molecule has 2 bridgehead atoms. The summed E-state index contributed by atoms with van der Waals surface area (Å²) in [5, 5.41) is 0. The van der Waals surface area contributed by atoms with Gasteiger partial charge in [-0.25, -0.2) is 23.5 Å². The van der Waals surface area contributed by atoms with E-state index in [0.717, 1.165) is 37.2 Å². The first-order valence-electron chi connectivity index (χ1n) is 8.70. The first-order valence-corrected chi connectivity index (χ1v) is 8.70. The van der Waals surface area contributed by atoms with Gasteiger partial charge in [-0.3, -0.25) is 0 Å². The van der Waals surface area contributed by atoms with Gasteiger partial charge in [-0.15, -0.1) is 0 Å². The second kappa shape index (κ2) is 6.00. The van der Waals surface area contributed by atoms with Crippen molar-refractivity contribution in [3.8, 4) is 11.4 Å². The Morgan fingerprint density at radius 3 is 2.73 bits per heavy atom. The standard InChI is InChI=1S/C19H20F2N4O/c1-11-4-15-7-19(6-11,25(15)18(22)26)13-3-2-12(8-20)16(5-13)17-23-9-14(21)10-24-17/h2-3,5,9-11,15H,4,6-8H2,1H3,(H2,22,26). The highest BCUT2D eigenvalue weighted by Crippen LogP contribution is 2.56. The molecule has 1 saturated carbocycles. The third-order valence-corrected chi connectivity index (χ3v) is 5.65. The van der Waals surface area contributed by atoms with Crippen molar-refractivity contribution >= 4 is 6.03 Å². The minimum absolute atomic E-state index is 0.155. The molecule has 0 radical (unpaired) electrons. The van der Waals surface area contributed by atoms with Crippen LogP contribution in [-0.2, 0) is 12.2 Å². The fourth-order valence-corrected chi connectivity index (χ4v) is 4.72. The van der Waals surface area contributed by atoms with Gasteiger partial charge in [-0.1, -0.05) is 19.1 Å². The number of urea groups is 1. The molecule has 3 aliphatic rings. The molecule has 3 unspecified atom stereocenters. The number of fused-ring (bicyclic) bond motifs is 2. The van der Waals surface area contributed by atoms with Crippen LogP contribution < -0.4 is 5.73 Å². The molecule has 2 N–H and O–H groups in total. The van der Waals surface area contributed by atoms with E-state index in [1.165, 1.54) is 0 Å². The minimum Gasteiger partial charge on any atom is -0.351 e. The predicted octanol–water partition coefficient (Wildman–Crippen LogP) is 3.53. The summed E-state index contributed by atoms with van der Waals surface area (Å²) >= 11 is 0. The number of amides is 2. The summed E-state index contributed by atoms with van der Waals surface area (Å²) in [5.74, 6) is 0.187. The number of hydrogen-bond donors (Lipinski definition) is 1. The topological polar surface area (TPSA) is 72.1 Å². The summed E-state index contributed by atoms with van der Waals surface area (Å²) < 4.78 is 26.6. The highest BCUT2D eigenvalue weighted by Gasteiger charge is 2.58. The Labute approximate surface area is 150 Å². The number of carbonyl (C=O) groups is 1. The minimum atomic E-state index is -0.679. The Morgan fingerprint density at radius 1 is 1.35 bits per heavy atom. The van der Waals surface area contributed by atoms with E-state index >= 15 is 0 Å². The van der Waals surface area contributed by atoms with E-state index in [1.807, 2.05) is 12.1 Å². The van der Waals surface area contributed by atoms with Crippen LogP contribution in [0.2, 0.25) is 0 Å². The number of piperidine rings is 1. The van der Waals surface area contributed by atoms with Crippen LogP contribution in [0, 0.1) is 11.7 Å². The lowest BCUT2D eigenvalue weighted by atomic mass is 9.61. The van der Waals surface area contributed by atoms with Gasteiger partial charge >= 0.3 is 6.03 Å². The number of hydrogen-bond acceptors (Lipinski definition) is 3. The quantitative estimate of drug-likeness (QED) is 0.912. The lowest BCUT2D eigenvalue weighted by Gasteiger charge is -2.63. The average molecular weight is 358 g/mol. The zero-order valence-electron chi connectivity index (χ0n) is 14.5. The molecule has 3 atom stereocenters. The fraction of sp³-hybridized carbons (Fsp3) is 0.421. The summed E-state index contributed by atoms with van der Waals surface area (Å²) in [6.45, 7) is 1.49. The Bertz CT molecular complexity index is 857. The van der Waals surface area contributed by atoms with E-state index in [2.05, 4.69) is 16.9 Å². The van der Waals surface area contributed by atoms with Gasteiger partial charge in [0.05, 0.1) is 17.9 Å². The number of nitrogens with two attached hydrogens (primary N) is 1. The molecule has 1 aromatic heterocycles.